The van der Waals surface area contributed by atoms with Gasteiger partial charge in [0.2, 0.25) is 0 Å². The van der Waals surface area contributed by atoms with Gasteiger partial charge in [0.15, 0.2) is 16.1 Å². The molecule has 2 aromatic heterocycles. The Balaban J connectivity index is 1.00. The van der Waals surface area contributed by atoms with Crippen LogP contribution in [-0.2, 0) is 0 Å². The molecule has 6 aliphatic rings. The quantitative estimate of drug-likeness (QED) is 0.141. The Labute approximate surface area is 592 Å². The van der Waals surface area contributed by atoms with Gasteiger partial charge in [0.1, 0.15) is 0 Å². The van der Waals surface area contributed by atoms with Gasteiger partial charge in [-0.05, 0) is 166 Å². The first-order valence-corrected chi connectivity index (χ1v) is 40.4. The van der Waals surface area contributed by atoms with Gasteiger partial charge in [0.25, 0.3) is 0 Å². The maximum Gasteiger partial charge on any atom is 0.161 e. The van der Waals surface area contributed by atoms with Crippen LogP contribution in [0.5, 0.6) is 0 Å². The molecule has 23 rings (SSSR count). The fourth-order valence-corrected chi connectivity index (χ4v) is 29.5. The number of nitrogens with zero attached hydrogens (tertiary/aromatic N) is 8. The fourth-order valence-electron chi connectivity index (χ4n) is 19.6. The van der Waals surface area contributed by atoms with Crippen molar-refractivity contribution in [2.45, 2.75) is 13.1 Å². The van der Waals surface area contributed by atoms with E-state index in [1.54, 1.807) is 0 Å². The second-order valence-corrected chi connectivity index (χ2v) is 35.7. The summed E-state index contributed by atoms with van der Waals surface area (Å²) < 4.78 is 5.10. The predicted octanol–water partition coefficient (Wildman–Crippen LogP) is 20.8. The molecule has 0 saturated heterocycles. The van der Waals surface area contributed by atoms with Crippen LogP contribution in [0.25, 0.3) is 55.0 Å². The third-order valence-electron chi connectivity index (χ3n) is 23.2. The number of benzene rings is 15. The lowest BCUT2D eigenvalue weighted by Gasteiger charge is -2.60. The van der Waals surface area contributed by atoms with Gasteiger partial charge in [-0.15, -0.1) is 0 Å². The largest absolute Gasteiger partial charge is 0.310 e. The van der Waals surface area contributed by atoms with Crippen LogP contribution >= 0.6 is 0 Å². The van der Waals surface area contributed by atoms with Crippen molar-refractivity contribution < 1.29 is 0 Å². The highest BCUT2D eigenvalue weighted by Crippen LogP contribution is 2.65. The lowest BCUT2D eigenvalue weighted by atomic mass is 9.98. The Kier molecular flexibility index (Phi) is 11.2. The van der Waals surface area contributed by atoms with Crippen molar-refractivity contribution in [1.82, 2.24) is 9.13 Å². The fraction of sp³-hybridized carbons (Fsp3) is 0.0217. The summed E-state index contributed by atoms with van der Waals surface area (Å²) in [5, 5.41) is 13.3. The highest BCUT2D eigenvalue weighted by Gasteiger charge is 2.64. The first kappa shape index (κ1) is 56.1. The molecule has 0 radical (unpaired) electrons. The van der Waals surface area contributed by atoms with Crippen LogP contribution in [0.3, 0.4) is 0 Å². The monoisotopic (exact) mass is 1330 g/mol. The van der Waals surface area contributed by atoms with E-state index in [9.17, 15) is 0 Å². The predicted molar refractivity (Wildman–Crippen MR) is 431 cm³/mol. The minimum Gasteiger partial charge on any atom is -0.310 e. The molecule has 6 aliphatic heterocycles. The normalized spacial score (nSPS) is 16.7. The van der Waals surface area contributed by atoms with E-state index in [0.29, 0.717) is 0 Å². The van der Waals surface area contributed by atoms with Gasteiger partial charge in [-0.3, -0.25) is 0 Å². The van der Waals surface area contributed by atoms with Crippen LogP contribution in [0.1, 0.15) is 0 Å². The first-order chi connectivity index (χ1) is 50.5. The molecule has 0 aliphatic carbocycles. The number of anilines is 18. The molecule has 102 heavy (non-hydrogen) atoms. The smallest absolute Gasteiger partial charge is 0.161 e. The van der Waals surface area contributed by atoms with Crippen molar-refractivity contribution in [1.29, 1.82) is 0 Å². The van der Waals surface area contributed by atoms with E-state index in [4.69, 9.17) is 0 Å². The molecular weight excluding hydrogens is 1270 g/mol. The van der Waals surface area contributed by atoms with Crippen LogP contribution in [0.2, 0.25) is 13.1 Å². The van der Waals surface area contributed by atoms with Crippen molar-refractivity contribution in [2.24, 2.45) is 0 Å². The van der Waals surface area contributed by atoms with Crippen LogP contribution in [0.15, 0.2) is 340 Å². The molecule has 15 aromatic carbocycles. The van der Waals surface area contributed by atoms with Crippen LogP contribution in [0, 0.1) is 0 Å². The Morgan fingerprint density at radius 3 is 0.706 bits per heavy atom. The van der Waals surface area contributed by atoms with Gasteiger partial charge in [-0.1, -0.05) is 207 Å². The zero-order valence-corrected chi connectivity index (χ0v) is 57.9. The summed E-state index contributed by atoms with van der Waals surface area (Å²) in [7, 11) is -7.07. The van der Waals surface area contributed by atoms with Crippen molar-refractivity contribution in [3.8, 4) is 11.4 Å². The minimum atomic E-state index is -3.54. The van der Waals surface area contributed by atoms with Crippen LogP contribution in [-0.4, -0.2) is 25.3 Å². The summed E-state index contributed by atoms with van der Waals surface area (Å²) in [4.78, 5) is 16.4. The van der Waals surface area contributed by atoms with E-state index < -0.39 is 16.1 Å². The van der Waals surface area contributed by atoms with E-state index in [2.05, 4.69) is 391 Å². The maximum absolute atomic E-state index is 3.54. The highest BCUT2D eigenvalue weighted by atomic mass is 28.3. The van der Waals surface area contributed by atoms with Gasteiger partial charge in [-0.2, -0.15) is 0 Å². The zero-order chi connectivity index (χ0) is 66.8. The average Bonchev–Trinajstić information content (AvgIpc) is 1.35. The van der Waals surface area contributed by atoms with Gasteiger partial charge in [-0.25, -0.2) is 0 Å². The second kappa shape index (κ2) is 20.4. The molecule has 478 valence electrons. The molecule has 0 amide bonds. The first-order valence-electron chi connectivity index (χ1n) is 35.4. The molecule has 0 fully saturated rings. The number of hydrogen-bond acceptors (Lipinski definition) is 6. The molecule has 0 N–H and O–H groups in total. The molecular formula is C92H62N8Si2. The molecule has 2 atom stereocenters. The average molecular weight is 1340 g/mol. The Hall–Kier alpha value is -12.9. The van der Waals surface area contributed by atoms with E-state index in [-0.39, 0.29) is 0 Å². The van der Waals surface area contributed by atoms with E-state index in [0.717, 1.165) is 56.5 Å². The topological polar surface area (TPSA) is 29.3 Å². The molecule has 0 saturated carbocycles. The highest BCUT2D eigenvalue weighted by molar-refractivity contribution is 7.19. The SMILES string of the molecule is C[Si]12c3c4cccc3N(c3ccccc3)c3c1c(cc1c3c3ccccc3n1-c1ccccc1)N(c1ccccc1)c1c3c5c(c(c12)N4c1ccccc1)N(c1ccccc1)c1cc2c(c4c1[Si]5(C)c1c(cccc1N4c1ccccc1)N3c1ccccc1)c1ccccc1n2-c1ccccc1. The molecule has 2 unspecified atom stereocenters. The summed E-state index contributed by atoms with van der Waals surface area (Å²) in [6.07, 6.45) is 0. The van der Waals surface area contributed by atoms with Crippen molar-refractivity contribution >= 4 is 193 Å². The minimum absolute atomic E-state index is 1.10. The number of para-hydroxylation sites is 10. The lowest BCUT2D eigenvalue weighted by molar-refractivity contribution is 1.16. The van der Waals surface area contributed by atoms with Crippen molar-refractivity contribution in [3.05, 3.63) is 340 Å². The summed E-state index contributed by atoms with van der Waals surface area (Å²) in [6.45, 7) is 5.52. The second-order valence-electron chi connectivity index (χ2n) is 28.2. The van der Waals surface area contributed by atoms with Gasteiger partial charge in [0, 0.05) is 100 Å². The van der Waals surface area contributed by atoms with Crippen molar-refractivity contribution in [3.63, 3.8) is 0 Å². The molecule has 8 nitrogen and oxygen atoms in total. The van der Waals surface area contributed by atoms with Crippen LogP contribution < -0.4 is 60.5 Å². The number of aromatic nitrogens is 2. The molecule has 17 aromatic rings. The Morgan fingerprint density at radius 2 is 0.422 bits per heavy atom. The summed E-state index contributed by atoms with van der Waals surface area (Å²) in [5.74, 6) is 0. The molecule has 0 bridgehead atoms. The van der Waals surface area contributed by atoms with E-state index in [1.165, 1.54) is 132 Å². The molecule has 10 heteroatoms. The number of rotatable bonds is 8. The maximum atomic E-state index is 2.78. The van der Waals surface area contributed by atoms with Gasteiger partial charge >= 0.3 is 0 Å². The third-order valence-corrected chi connectivity index (χ3v) is 32.1. The Morgan fingerprint density at radius 1 is 0.186 bits per heavy atom. The zero-order valence-electron chi connectivity index (χ0n) is 55.9. The lowest BCUT2D eigenvalue weighted by Crippen LogP contribution is -2.77. The molecule has 8 heterocycles. The summed E-state index contributed by atoms with van der Waals surface area (Å²) in [6, 6.07) is 129. The van der Waals surface area contributed by atoms with Gasteiger partial charge in [0.05, 0.1) is 67.6 Å². The van der Waals surface area contributed by atoms with Crippen molar-refractivity contribution in [2.75, 3.05) is 29.4 Å². The summed E-state index contributed by atoms with van der Waals surface area (Å²) >= 11 is 0. The van der Waals surface area contributed by atoms with Gasteiger partial charge < -0.3 is 38.5 Å². The van der Waals surface area contributed by atoms with E-state index in [1.807, 2.05) is 0 Å². The van der Waals surface area contributed by atoms with E-state index >= 15 is 0 Å². The number of hydrogen-bond donors (Lipinski definition) is 0. The third kappa shape index (κ3) is 6.94. The summed E-state index contributed by atoms with van der Waals surface area (Å²) in [5.41, 5.74) is 28.2. The van der Waals surface area contributed by atoms with Crippen LogP contribution in [0.4, 0.5) is 102 Å². The number of fused-ring (bicyclic) bond motifs is 10. The molecule has 0 spiro atoms. The standard InChI is InChI=1S/C92H62N8Si2/c1-101-87-71-53-31-55-73(87)97(63-41-19-7-20-42-63)83-86-92-84(85(91(83)101)99(65-45-23-9-24-46-65)77-57-75-79(81(89(77)101)95(71)61-37-15-5-16-38-61)67-49-27-29-51-69(67)93(75)59-33-11-3-12-34-59)98(64-43-21-8-22-44-64)74-56-32-54-72-88(74)102(92,2)90-78(100(86)66-47-25-10-26-48-66)58-76-80(82(90)96(72)62-39-17-6-18-40-62)68-50-28-30-52-70(68)94(76)60-35-13-4-14-36-60/h3-58H,1-2H3. The Bertz CT molecular complexity index is 6040.